The van der Waals surface area contributed by atoms with Crippen LogP contribution in [0.4, 0.5) is 0 Å². The van der Waals surface area contributed by atoms with E-state index in [9.17, 15) is 4.79 Å². The van der Waals surface area contributed by atoms with E-state index >= 15 is 0 Å². The van der Waals surface area contributed by atoms with Crippen molar-refractivity contribution >= 4 is 12.0 Å². The molecule has 0 heterocycles. The van der Waals surface area contributed by atoms with Crippen molar-refractivity contribution in [1.29, 1.82) is 5.26 Å². The number of ether oxygens (including phenoxy) is 1. The molecular weight excluding hydrogens is 214 g/mol. The quantitative estimate of drug-likeness (QED) is 0.453. The molecule has 0 N–H and O–H groups in total. The van der Waals surface area contributed by atoms with Crippen molar-refractivity contribution in [2.45, 2.75) is 20.3 Å². The maximum absolute atomic E-state index is 11.4. The van der Waals surface area contributed by atoms with Gasteiger partial charge in [0.25, 0.3) is 0 Å². The molecule has 17 heavy (non-hydrogen) atoms. The molecule has 0 bridgehead atoms. The lowest BCUT2D eigenvalue weighted by atomic mass is 10.1. The highest BCUT2D eigenvalue weighted by atomic mass is 16.5. The monoisotopic (exact) mass is 229 g/mol. The predicted molar refractivity (Wildman–Crippen MR) is 66.0 cm³/mol. The summed E-state index contributed by atoms with van der Waals surface area (Å²) in [4.78, 5) is 11.4. The first-order valence-electron chi connectivity index (χ1n) is 5.59. The number of benzene rings is 1. The van der Waals surface area contributed by atoms with Crippen molar-refractivity contribution in [3.05, 3.63) is 41.0 Å². The number of aryl methyl sites for hydroxylation is 1. The summed E-state index contributed by atoms with van der Waals surface area (Å²) in [5, 5.41) is 8.87. The average molecular weight is 229 g/mol. The van der Waals surface area contributed by atoms with Crippen LogP contribution in [0.3, 0.4) is 0 Å². The van der Waals surface area contributed by atoms with E-state index in [0.717, 1.165) is 12.0 Å². The van der Waals surface area contributed by atoms with Gasteiger partial charge in [-0.25, -0.2) is 4.79 Å². The van der Waals surface area contributed by atoms with Crippen molar-refractivity contribution < 1.29 is 9.53 Å². The van der Waals surface area contributed by atoms with E-state index in [0.29, 0.717) is 0 Å². The first-order chi connectivity index (χ1) is 8.21. The van der Waals surface area contributed by atoms with E-state index < -0.39 is 5.97 Å². The molecule has 88 valence electrons. The standard InChI is InChI=1S/C14H15NO2/c1-3-11-5-7-12(8-6-11)9-13(10-15)14(16)17-4-2/h5-9H,3-4H2,1-2H3/b13-9+. The van der Waals surface area contributed by atoms with Crippen LogP contribution < -0.4 is 0 Å². The predicted octanol–water partition coefficient (Wildman–Crippen LogP) is 2.72. The van der Waals surface area contributed by atoms with Gasteiger partial charge in [0, 0.05) is 0 Å². The third kappa shape index (κ3) is 3.76. The molecule has 1 rings (SSSR count). The molecule has 0 atom stereocenters. The summed E-state index contributed by atoms with van der Waals surface area (Å²) < 4.78 is 4.78. The average Bonchev–Trinajstić information content (AvgIpc) is 2.37. The minimum absolute atomic E-state index is 0.0242. The van der Waals surface area contributed by atoms with Gasteiger partial charge in [-0.3, -0.25) is 0 Å². The van der Waals surface area contributed by atoms with Crippen molar-refractivity contribution in [2.24, 2.45) is 0 Å². The number of nitriles is 1. The Morgan fingerprint density at radius 3 is 2.47 bits per heavy atom. The molecule has 1 aromatic rings. The molecule has 1 aromatic carbocycles. The number of rotatable bonds is 4. The van der Waals surface area contributed by atoms with Gasteiger partial charge in [0.2, 0.25) is 0 Å². The molecule has 3 nitrogen and oxygen atoms in total. The van der Waals surface area contributed by atoms with Crippen molar-refractivity contribution in [1.82, 2.24) is 0 Å². The first kappa shape index (κ1) is 13.0. The van der Waals surface area contributed by atoms with E-state index in [1.807, 2.05) is 30.3 Å². The number of nitrogens with zero attached hydrogens (tertiary/aromatic N) is 1. The highest BCUT2D eigenvalue weighted by molar-refractivity contribution is 5.97. The Balaban J connectivity index is 2.91. The SMILES string of the molecule is CCOC(=O)/C(C#N)=C/c1ccc(CC)cc1. The Morgan fingerprint density at radius 2 is 2.00 bits per heavy atom. The van der Waals surface area contributed by atoms with Gasteiger partial charge >= 0.3 is 5.97 Å². The fourth-order valence-corrected chi connectivity index (χ4v) is 1.36. The van der Waals surface area contributed by atoms with Crippen LogP contribution in [0.25, 0.3) is 6.08 Å². The lowest BCUT2D eigenvalue weighted by Gasteiger charge is -2.00. The maximum atomic E-state index is 11.4. The molecule has 0 amide bonds. The Morgan fingerprint density at radius 1 is 1.35 bits per heavy atom. The summed E-state index contributed by atoms with van der Waals surface area (Å²) in [6, 6.07) is 9.58. The van der Waals surface area contributed by atoms with Gasteiger partial charge in [0.1, 0.15) is 11.6 Å². The molecule has 0 spiro atoms. The molecule has 0 aliphatic heterocycles. The van der Waals surface area contributed by atoms with Crippen LogP contribution >= 0.6 is 0 Å². The Hall–Kier alpha value is -2.08. The van der Waals surface area contributed by atoms with Gasteiger partial charge < -0.3 is 4.74 Å². The van der Waals surface area contributed by atoms with Crippen molar-refractivity contribution in [3.63, 3.8) is 0 Å². The lowest BCUT2D eigenvalue weighted by molar-refractivity contribution is -0.137. The fraction of sp³-hybridized carbons (Fsp3) is 0.286. The van der Waals surface area contributed by atoms with Gasteiger partial charge in [-0.1, -0.05) is 31.2 Å². The second kappa shape index (κ2) is 6.49. The number of esters is 1. The molecular formula is C14H15NO2. The highest BCUT2D eigenvalue weighted by Gasteiger charge is 2.09. The smallest absolute Gasteiger partial charge is 0.348 e. The van der Waals surface area contributed by atoms with Gasteiger partial charge in [0.05, 0.1) is 6.61 Å². The number of hydrogen-bond donors (Lipinski definition) is 0. The van der Waals surface area contributed by atoms with E-state index in [-0.39, 0.29) is 12.2 Å². The minimum Gasteiger partial charge on any atom is -0.462 e. The van der Waals surface area contributed by atoms with Crippen LogP contribution in [0.2, 0.25) is 0 Å². The largest absolute Gasteiger partial charge is 0.462 e. The van der Waals surface area contributed by atoms with Gasteiger partial charge in [-0.05, 0) is 30.5 Å². The van der Waals surface area contributed by atoms with Crippen LogP contribution in [0.15, 0.2) is 29.8 Å². The minimum atomic E-state index is -0.574. The third-order valence-electron chi connectivity index (χ3n) is 2.31. The first-order valence-corrected chi connectivity index (χ1v) is 5.59. The zero-order chi connectivity index (χ0) is 12.7. The zero-order valence-electron chi connectivity index (χ0n) is 10.1. The molecule has 0 saturated carbocycles. The number of carbonyl (C=O) groups is 1. The van der Waals surface area contributed by atoms with Crippen molar-refractivity contribution in [3.8, 4) is 6.07 Å². The van der Waals surface area contributed by atoms with Crippen LogP contribution in [-0.2, 0) is 16.0 Å². The van der Waals surface area contributed by atoms with Crippen LogP contribution in [0.5, 0.6) is 0 Å². The van der Waals surface area contributed by atoms with Gasteiger partial charge in [-0.2, -0.15) is 5.26 Å². The normalized spacial score (nSPS) is 10.8. The number of carbonyl (C=O) groups excluding carboxylic acids is 1. The second-order valence-corrected chi connectivity index (χ2v) is 3.49. The van der Waals surface area contributed by atoms with E-state index in [2.05, 4.69) is 6.92 Å². The summed E-state index contributed by atoms with van der Waals surface area (Å²) in [5.74, 6) is -0.574. The molecule has 0 aliphatic rings. The van der Waals surface area contributed by atoms with Gasteiger partial charge in [0.15, 0.2) is 0 Å². The molecule has 3 heteroatoms. The van der Waals surface area contributed by atoms with Crippen LogP contribution in [-0.4, -0.2) is 12.6 Å². The molecule has 0 fully saturated rings. The molecule has 0 aromatic heterocycles. The number of hydrogen-bond acceptors (Lipinski definition) is 3. The summed E-state index contributed by atoms with van der Waals surface area (Å²) >= 11 is 0. The lowest BCUT2D eigenvalue weighted by Crippen LogP contribution is -2.05. The summed E-state index contributed by atoms with van der Waals surface area (Å²) in [6.45, 7) is 4.06. The van der Waals surface area contributed by atoms with E-state index in [1.165, 1.54) is 11.6 Å². The van der Waals surface area contributed by atoms with Gasteiger partial charge in [-0.15, -0.1) is 0 Å². The summed E-state index contributed by atoms with van der Waals surface area (Å²) in [7, 11) is 0. The molecule has 0 aliphatic carbocycles. The third-order valence-corrected chi connectivity index (χ3v) is 2.31. The fourth-order valence-electron chi connectivity index (χ4n) is 1.36. The van der Waals surface area contributed by atoms with E-state index in [1.54, 1.807) is 6.92 Å². The Labute approximate surface area is 101 Å². The maximum Gasteiger partial charge on any atom is 0.348 e. The summed E-state index contributed by atoms with van der Waals surface area (Å²) in [5.41, 5.74) is 2.07. The Bertz CT molecular complexity index is 452. The molecule has 0 radical (unpaired) electrons. The Kier molecular flexibility index (Phi) is 4.96. The van der Waals surface area contributed by atoms with Crippen molar-refractivity contribution in [2.75, 3.05) is 6.61 Å². The van der Waals surface area contributed by atoms with E-state index in [4.69, 9.17) is 10.00 Å². The van der Waals surface area contributed by atoms with Crippen LogP contribution in [0.1, 0.15) is 25.0 Å². The molecule has 0 saturated heterocycles. The topological polar surface area (TPSA) is 50.1 Å². The molecule has 0 unspecified atom stereocenters. The highest BCUT2D eigenvalue weighted by Crippen LogP contribution is 2.10. The summed E-state index contributed by atoms with van der Waals surface area (Å²) in [6.07, 6.45) is 2.50. The second-order valence-electron chi connectivity index (χ2n) is 3.49. The zero-order valence-corrected chi connectivity index (χ0v) is 10.1. The van der Waals surface area contributed by atoms with Crippen LogP contribution in [0, 0.1) is 11.3 Å².